The first-order valence-electron chi connectivity index (χ1n) is 5.73. The summed E-state index contributed by atoms with van der Waals surface area (Å²) >= 11 is 0. The Balaban J connectivity index is 2.18. The highest BCUT2D eigenvalue weighted by Crippen LogP contribution is 2.16. The predicted octanol–water partition coefficient (Wildman–Crippen LogP) is 2.63. The van der Waals surface area contributed by atoms with Gasteiger partial charge in [-0.15, -0.1) is 0 Å². The normalized spacial score (nSPS) is 12.4. The molecule has 19 heavy (non-hydrogen) atoms. The number of benzene rings is 1. The lowest BCUT2D eigenvalue weighted by atomic mass is 10.1. The van der Waals surface area contributed by atoms with E-state index in [0.717, 1.165) is 6.07 Å². The summed E-state index contributed by atoms with van der Waals surface area (Å²) in [6.45, 7) is 3.08. The number of carbonyl (C=O) groups is 1. The number of ketones is 1. The van der Waals surface area contributed by atoms with Gasteiger partial charge in [0.25, 0.3) is 0 Å². The Hall–Kier alpha value is -2.11. The molecule has 4 nitrogen and oxygen atoms in total. The molecule has 100 valence electrons. The minimum absolute atomic E-state index is 0.0907. The smallest absolute Gasteiger partial charge is 0.236 e. The van der Waals surface area contributed by atoms with Crippen molar-refractivity contribution >= 4 is 5.78 Å². The fourth-order valence-corrected chi connectivity index (χ4v) is 1.58. The van der Waals surface area contributed by atoms with Crippen molar-refractivity contribution in [3.8, 4) is 0 Å². The second kappa shape index (κ2) is 5.26. The summed E-state index contributed by atoms with van der Waals surface area (Å²) in [4.78, 5) is 15.2. The lowest BCUT2D eigenvalue weighted by Crippen LogP contribution is -2.04. The summed E-state index contributed by atoms with van der Waals surface area (Å²) in [5, 5.41) is 3.69. The topological polar surface area (TPSA) is 56.0 Å². The summed E-state index contributed by atoms with van der Waals surface area (Å²) in [6, 6.07) is 3.20. The van der Waals surface area contributed by atoms with Gasteiger partial charge in [0.1, 0.15) is 17.4 Å². The van der Waals surface area contributed by atoms with Crippen LogP contribution in [0.3, 0.4) is 0 Å². The standard InChI is InChI=1S/C13H12F2N2O2/c1-7(8(2)18)13-16-12(17-19-13)5-9-3-10(14)6-11(15)4-9/h3-4,6-7H,5H2,1-2H3. The van der Waals surface area contributed by atoms with Crippen LogP contribution in [0.4, 0.5) is 8.78 Å². The Bertz CT molecular complexity index is 590. The van der Waals surface area contributed by atoms with Crippen molar-refractivity contribution in [2.75, 3.05) is 0 Å². The predicted molar refractivity (Wildman–Crippen MR) is 62.6 cm³/mol. The molecule has 1 aromatic carbocycles. The third-order valence-electron chi connectivity index (χ3n) is 2.75. The van der Waals surface area contributed by atoms with Gasteiger partial charge in [0.2, 0.25) is 5.89 Å². The summed E-state index contributed by atoms with van der Waals surface area (Å²) in [5.41, 5.74) is 0.403. The molecule has 2 aromatic rings. The van der Waals surface area contributed by atoms with E-state index in [-0.39, 0.29) is 23.9 Å². The van der Waals surface area contributed by atoms with Gasteiger partial charge in [-0.1, -0.05) is 5.16 Å². The second-order valence-corrected chi connectivity index (χ2v) is 4.34. The maximum absolute atomic E-state index is 13.0. The Kier molecular flexibility index (Phi) is 3.69. The molecule has 0 aliphatic carbocycles. The van der Waals surface area contributed by atoms with Crippen molar-refractivity contribution in [2.45, 2.75) is 26.2 Å². The molecular weight excluding hydrogens is 254 g/mol. The maximum Gasteiger partial charge on any atom is 0.236 e. The number of carbonyl (C=O) groups excluding carboxylic acids is 1. The van der Waals surface area contributed by atoms with Gasteiger partial charge < -0.3 is 4.52 Å². The fraction of sp³-hybridized carbons (Fsp3) is 0.308. The molecule has 0 aliphatic heterocycles. The number of halogens is 2. The molecule has 0 N–H and O–H groups in total. The zero-order valence-corrected chi connectivity index (χ0v) is 10.5. The van der Waals surface area contributed by atoms with Gasteiger partial charge in [0.15, 0.2) is 5.82 Å². The van der Waals surface area contributed by atoms with Crippen molar-refractivity contribution < 1.29 is 18.1 Å². The van der Waals surface area contributed by atoms with Crippen molar-refractivity contribution in [3.05, 3.63) is 47.1 Å². The van der Waals surface area contributed by atoms with E-state index in [1.165, 1.54) is 19.1 Å². The number of hydrogen-bond donors (Lipinski definition) is 0. The quantitative estimate of drug-likeness (QED) is 0.853. The number of Topliss-reactive ketones (excluding diaryl/α,β-unsaturated/α-hetero) is 1. The van der Waals surface area contributed by atoms with Crippen LogP contribution in [0.2, 0.25) is 0 Å². The van der Waals surface area contributed by atoms with Gasteiger partial charge >= 0.3 is 0 Å². The Morgan fingerprint density at radius 3 is 2.53 bits per heavy atom. The van der Waals surface area contributed by atoms with E-state index < -0.39 is 17.6 Å². The van der Waals surface area contributed by atoms with Crippen LogP contribution >= 0.6 is 0 Å². The Labute approximate surface area is 108 Å². The van der Waals surface area contributed by atoms with E-state index in [1.807, 2.05) is 0 Å². The molecule has 0 saturated heterocycles. The number of rotatable bonds is 4. The van der Waals surface area contributed by atoms with Crippen LogP contribution in [0.25, 0.3) is 0 Å². The van der Waals surface area contributed by atoms with E-state index in [2.05, 4.69) is 10.1 Å². The third-order valence-corrected chi connectivity index (χ3v) is 2.75. The minimum Gasteiger partial charge on any atom is -0.339 e. The van der Waals surface area contributed by atoms with Crippen LogP contribution in [0.1, 0.15) is 37.0 Å². The molecular formula is C13H12F2N2O2. The molecule has 1 atom stereocenters. The van der Waals surface area contributed by atoms with E-state index in [0.29, 0.717) is 5.56 Å². The van der Waals surface area contributed by atoms with E-state index in [4.69, 9.17) is 4.52 Å². The zero-order valence-electron chi connectivity index (χ0n) is 10.5. The highest BCUT2D eigenvalue weighted by Gasteiger charge is 2.18. The van der Waals surface area contributed by atoms with Gasteiger partial charge in [-0.05, 0) is 31.5 Å². The zero-order chi connectivity index (χ0) is 14.0. The first-order valence-corrected chi connectivity index (χ1v) is 5.73. The molecule has 1 unspecified atom stereocenters. The summed E-state index contributed by atoms with van der Waals surface area (Å²) < 4.78 is 31.0. The first-order chi connectivity index (χ1) is 8.95. The van der Waals surface area contributed by atoms with Crippen molar-refractivity contribution in [1.29, 1.82) is 0 Å². The van der Waals surface area contributed by atoms with Gasteiger partial charge in [-0.3, -0.25) is 4.79 Å². The molecule has 0 bridgehead atoms. The molecule has 0 spiro atoms. The largest absolute Gasteiger partial charge is 0.339 e. The van der Waals surface area contributed by atoms with Crippen LogP contribution in [0.15, 0.2) is 22.7 Å². The molecule has 0 radical (unpaired) electrons. The highest BCUT2D eigenvalue weighted by molar-refractivity contribution is 5.81. The average Bonchev–Trinajstić information content (AvgIpc) is 2.74. The van der Waals surface area contributed by atoms with Crippen LogP contribution in [0, 0.1) is 11.6 Å². The van der Waals surface area contributed by atoms with Gasteiger partial charge in [-0.2, -0.15) is 4.98 Å². The molecule has 0 aliphatic rings. The Morgan fingerprint density at radius 1 is 1.32 bits per heavy atom. The van der Waals surface area contributed by atoms with Crippen molar-refractivity contribution in [2.24, 2.45) is 0 Å². The number of nitrogens with zero attached hydrogens (tertiary/aromatic N) is 2. The monoisotopic (exact) mass is 266 g/mol. The summed E-state index contributed by atoms with van der Waals surface area (Å²) in [7, 11) is 0. The molecule has 6 heteroatoms. The minimum atomic E-state index is -0.657. The number of aromatic nitrogens is 2. The van der Waals surface area contributed by atoms with Crippen LogP contribution in [-0.2, 0) is 11.2 Å². The third kappa shape index (κ3) is 3.21. The second-order valence-electron chi connectivity index (χ2n) is 4.34. The molecule has 2 rings (SSSR count). The lowest BCUT2D eigenvalue weighted by Gasteiger charge is -1.99. The molecule has 0 amide bonds. The van der Waals surface area contributed by atoms with E-state index >= 15 is 0 Å². The molecule has 1 aromatic heterocycles. The van der Waals surface area contributed by atoms with Gasteiger partial charge in [-0.25, -0.2) is 8.78 Å². The number of hydrogen-bond acceptors (Lipinski definition) is 4. The summed E-state index contributed by atoms with van der Waals surface area (Å²) in [5.74, 6) is -1.39. The van der Waals surface area contributed by atoms with Gasteiger partial charge in [0, 0.05) is 12.5 Å². The highest BCUT2D eigenvalue weighted by atomic mass is 19.1. The average molecular weight is 266 g/mol. The Morgan fingerprint density at radius 2 is 1.95 bits per heavy atom. The van der Waals surface area contributed by atoms with Crippen LogP contribution in [-0.4, -0.2) is 15.9 Å². The van der Waals surface area contributed by atoms with Crippen LogP contribution in [0.5, 0.6) is 0 Å². The van der Waals surface area contributed by atoms with E-state index in [1.54, 1.807) is 6.92 Å². The van der Waals surface area contributed by atoms with Gasteiger partial charge in [0.05, 0.1) is 5.92 Å². The van der Waals surface area contributed by atoms with Crippen LogP contribution < -0.4 is 0 Å². The summed E-state index contributed by atoms with van der Waals surface area (Å²) in [6.07, 6.45) is 0.142. The molecule has 0 saturated carbocycles. The SMILES string of the molecule is CC(=O)C(C)c1nc(Cc2cc(F)cc(F)c2)no1. The fourth-order valence-electron chi connectivity index (χ4n) is 1.58. The van der Waals surface area contributed by atoms with E-state index in [9.17, 15) is 13.6 Å². The van der Waals surface area contributed by atoms with Crippen molar-refractivity contribution in [3.63, 3.8) is 0 Å². The molecule has 0 fully saturated rings. The lowest BCUT2D eigenvalue weighted by molar-refractivity contribution is -0.118. The first kappa shape index (κ1) is 13.3. The molecule has 1 heterocycles. The van der Waals surface area contributed by atoms with Crippen molar-refractivity contribution in [1.82, 2.24) is 10.1 Å². The maximum atomic E-state index is 13.0.